The first-order valence-electron chi connectivity index (χ1n) is 7.60. The average molecular weight is 299 g/mol. The number of guanidine groups is 1. The summed E-state index contributed by atoms with van der Waals surface area (Å²) < 4.78 is 5.34. The molecule has 0 aliphatic carbocycles. The van der Waals surface area contributed by atoms with Crippen LogP contribution in [0.15, 0.2) is 29.3 Å². The Balaban J connectivity index is 1.69. The van der Waals surface area contributed by atoms with Crippen molar-refractivity contribution in [1.82, 2.24) is 9.97 Å². The van der Waals surface area contributed by atoms with Crippen molar-refractivity contribution >= 4 is 22.8 Å². The van der Waals surface area contributed by atoms with Crippen LogP contribution in [-0.4, -0.2) is 35.7 Å². The molecule has 6 nitrogen and oxygen atoms in total. The number of rotatable bonds is 3. The molecule has 1 saturated heterocycles. The van der Waals surface area contributed by atoms with Crippen LogP contribution in [0.25, 0.3) is 10.9 Å². The second-order valence-electron chi connectivity index (χ2n) is 5.56. The van der Waals surface area contributed by atoms with Crippen LogP contribution in [0.1, 0.15) is 18.5 Å². The van der Waals surface area contributed by atoms with Crippen LogP contribution in [0, 0.1) is 12.8 Å². The molecule has 3 rings (SSSR count). The molecule has 0 bridgehead atoms. The molecule has 1 fully saturated rings. The third kappa shape index (κ3) is 3.51. The Hall–Kier alpha value is -2.21. The SMILES string of the molecule is Cc1nc(NC(N)=NCC2CCOCC2)nc2ccccc12. The lowest BCUT2D eigenvalue weighted by Crippen LogP contribution is -2.26. The first kappa shape index (κ1) is 14.7. The number of nitrogens with one attached hydrogen (secondary N) is 1. The van der Waals surface area contributed by atoms with Crippen molar-refractivity contribution in [3.05, 3.63) is 30.0 Å². The number of hydrogen-bond donors (Lipinski definition) is 2. The normalized spacial score (nSPS) is 16.9. The Bertz CT molecular complexity index is 679. The maximum atomic E-state index is 5.94. The lowest BCUT2D eigenvalue weighted by molar-refractivity contribution is 0.0689. The van der Waals surface area contributed by atoms with Gasteiger partial charge in [0.2, 0.25) is 5.95 Å². The average Bonchev–Trinajstić information content (AvgIpc) is 2.54. The summed E-state index contributed by atoms with van der Waals surface area (Å²) in [5.41, 5.74) is 7.76. The number of aliphatic imine (C=N–C) groups is 1. The monoisotopic (exact) mass is 299 g/mol. The number of ether oxygens (including phenoxy) is 1. The zero-order valence-corrected chi connectivity index (χ0v) is 12.7. The van der Waals surface area contributed by atoms with E-state index in [0.29, 0.717) is 17.8 Å². The molecule has 0 atom stereocenters. The van der Waals surface area contributed by atoms with E-state index in [0.717, 1.165) is 49.2 Å². The molecule has 1 aromatic heterocycles. The van der Waals surface area contributed by atoms with Gasteiger partial charge in [-0.15, -0.1) is 0 Å². The zero-order valence-electron chi connectivity index (χ0n) is 12.7. The number of hydrogen-bond acceptors (Lipinski definition) is 4. The highest BCUT2D eigenvalue weighted by Gasteiger charge is 2.13. The van der Waals surface area contributed by atoms with Gasteiger partial charge in [0.1, 0.15) is 0 Å². The third-order valence-corrected chi connectivity index (χ3v) is 3.89. The Morgan fingerprint density at radius 1 is 1.32 bits per heavy atom. The van der Waals surface area contributed by atoms with Crippen LogP contribution in [0.3, 0.4) is 0 Å². The quantitative estimate of drug-likeness (QED) is 0.669. The minimum atomic E-state index is 0.362. The molecule has 1 aliphatic rings. The maximum absolute atomic E-state index is 5.94. The van der Waals surface area contributed by atoms with E-state index in [2.05, 4.69) is 20.3 Å². The Kier molecular flexibility index (Phi) is 4.48. The van der Waals surface area contributed by atoms with Crippen molar-refractivity contribution in [1.29, 1.82) is 0 Å². The minimum Gasteiger partial charge on any atom is -0.381 e. The number of aromatic nitrogens is 2. The number of aryl methyl sites for hydroxylation is 1. The predicted octanol–water partition coefficient (Wildman–Crippen LogP) is 2.09. The van der Waals surface area contributed by atoms with Gasteiger partial charge in [0, 0.05) is 25.1 Å². The predicted molar refractivity (Wildman–Crippen MR) is 87.9 cm³/mol. The van der Waals surface area contributed by atoms with Gasteiger partial charge in [-0.1, -0.05) is 18.2 Å². The van der Waals surface area contributed by atoms with Crippen molar-refractivity contribution < 1.29 is 4.74 Å². The van der Waals surface area contributed by atoms with Gasteiger partial charge >= 0.3 is 0 Å². The molecule has 0 amide bonds. The van der Waals surface area contributed by atoms with Crippen LogP contribution in [0.5, 0.6) is 0 Å². The molecular formula is C16H21N5O. The van der Waals surface area contributed by atoms with Crippen LogP contribution in [-0.2, 0) is 4.74 Å². The summed E-state index contributed by atoms with van der Waals surface area (Å²) in [6.45, 7) is 4.32. The fourth-order valence-electron chi connectivity index (χ4n) is 2.60. The van der Waals surface area contributed by atoms with Crippen molar-refractivity contribution in [2.45, 2.75) is 19.8 Å². The van der Waals surface area contributed by atoms with Crippen LogP contribution in [0.4, 0.5) is 5.95 Å². The Labute approximate surface area is 129 Å². The Morgan fingerprint density at radius 2 is 2.09 bits per heavy atom. The summed E-state index contributed by atoms with van der Waals surface area (Å²) in [6.07, 6.45) is 2.09. The van der Waals surface area contributed by atoms with Crippen LogP contribution >= 0.6 is 0 Å². The molecule has 3 N–H and O–H groups in total. The highest BCUT2D eigenvalue weighted by atomic mass is 16.5. The number of nitrogens with zero attached hydrogens (tertiary/aromatic N) is 3. The molecular weight excluding hydrogens is 278 g/mol. The van der Waals surface area contributed by atoms with E-state index < -0.39 is 0 Å². The minimum absolute atomic E-state index is 0.362. The molecule has 116 valence electrons. The molecule has 0 spiro atoms. The number of fused-ring (bicyclic) bond motifs is 1. The van der Waals surface area contributed by atoms with Crippen molar-refractivity contribution in [3.8, 4) is 0 Å². The summed E-state index contributed by atoms with van der Waals surface area (Å²) in [5, 5.41) is 4.04. The molecule has 0 saturated carbocycles. The molecule has 22 heavy (non-hydrogen) atoms. The summed E-state index contributed by atoms with van der Waals surface area (Å²) in [6, 6.07) is 7.91. The molecule has 6 heteroatoms. The van der Waals surface area contributed by atoms with E-state index in [1.807, 2.05) is 31.2 Å². The molecule has 0 unspecified atom stereocenters. The molecule has 1 aromatic carbocycles. The van der Waals surface area contributed by atoms with Crippen LogP contribution in [0.2, 0.25) is 0 Å². The summed E-state index contributed by atoms with van der Waals surface area (Å²) >= 11 is 0. The number of anilines is 1. The standard InChI is InChI=1S/C16H21N5O/c1-11-13-4-2-3-5-14(13)20-16(19-11)21-15(17)18-10-12-6-8-22-9-7-12/h2-5,12H,6-10H2,1H3,(H3,17,18,19,20,21). The zero-order chi connectivity index (χ0) is 15.4. The van der Waals surface area contributed by atoms with Gasteiger partial charge < -0.3 is 10.5 Å². The molecule has 0 radical (unpaired) electrons. The van der Waals surface area contributed by atoms with E-state index in [4.69, 9.17) is 10.5 Å². The second kappa shape index (κ2) is 6.70. The van der Waals surface area contributed by atoms with Gasteiger partial charge in [0.05, 0.1) is 11.2 Å². The fourth-order valence-corrected chi connectivity index (χ4v) is 2.60. The molecule has 1 aliphatic heterocycles. The maximum Gasteiger partial charge on any atom is 0.230 e. The third-order valence-electron chi connectivity index (χ3n) is 3.89. The highest BCUT2D eigenvalue weighted by Crippen LogP contribution is 2.17. The largest absolute Gasteiger partial charge is 0.381 e. The highest BCUT2D eigenvalue weighted by molar-refractivity contribution is 5.92. The lowest BCUT2D eigenvalue weighted by Gasteiger charge is -2.20. The molecule has 2 heterocycles. The smallest absolute Gasteiger partial charge is 0.230 e. The van der Waals surface area contributed by atoms with Crippen molar-refractivity contribution in [2.75, 3.05) is 25.1 Å². The number of benzene rings is 1. The van der Waals surface area contributed by atoms with Gasteiger partial charge in [0.15, 0.2) is 5.96 Å². The first-order valence-corrected chi connectivity index (χ1v) is 7.60. The number of nitrogens with two attached hydrogens (primary N) is 1. The van der Waals surface area contributed by atoms with E-state index in [-0.39, 0.29) is 0 Å². The van der Waals surface area contributed by atoms with E-state index in [1.165, 1.54) is 0 Å². The topological polar surface area (TPSA) is 85.4 Å². The van der Waals surface area contributed by atoms with Gasteiger partial charge in [-0.3, -0.25) is 10.3 Å². The van der Waals surface area contributed by atoms with Crippen molar-refractivity contribution in [3.63, 3.8) is 0 Å². The van der Waals surface area contributed by atoms with Gasteiger partial charge in [-0.25, -0.2) is 9.97 Å². The van der Waals surface area contributed by atoms with E-state index in [9.17, 15) is 0 Å². The first-order chi connectivity index (χ1) is 10.7. The second-order valence-corrected chi connectivity index (χ2v) is 5.56. The van der Waals surface area contributed by atoms with Crippen molar-refractivity contribution in [2.24, 2.45) is 16.6 Å². The Morgan fingerprint density at radius 3 is 2.91 bits per heavy atom. The van der Waals surface area contributed by atoms with Crippen LogP contribution < -0.4 is 11.1 Å². The van der Waals surface area contributed by atoms with Gasteiger partial charge in [0.25, 0.3) is 0 Å². The summed E-state index contributed by atoms with van der Waals surface area (Å²) in [7, 11) is 0. The van der Waals surface area contributed by atoms with E-state index >= 15 is 0 Å². The number of para-hydroxylation sites is 1. The summed E-state index contributed by atoms with van der Waals surface area (Å²) in [5.74, 6) is 1.40. The van der Waals surface area contributed by atoms with E-state index in [1.54, 1.807) is 0 Å². The summed E-state index contributed by atoms with van der Waals surface area (Å²) in [4.78, 5) is 13.3. The molecule has 2 aromatic rings. The fraction of sp³-hybridized carbons (Fsp3) is 0.438. The lowest BCUT2D eigenvalue weighted by atomic mass is 10.0. The van der Waals surface area contributed by atoms with Gasteiger partial charge in [-0.05, 0) is 31.7 Å². The van der Waals surface area contributed by atoms with Gasteiger partial charge in [-0.2, -0.15) is 0 Å².